The van der Waals surface area contributed by atoms with Crippen molar-refractivity contribution in [2.75, 3.05) is 26.4 Å². The molecule has 0 aliphatic carbocycles. The summed E-state index contributed by atoms with van der Waals surface area (Å²) in [6.45, 7) is 4.25. The van der Waals surface area contributed by atoms with Crippen LogP contribution in [-0.4, -0.2) is 89.6 Å². The highest BCUT2D eigenvalue weighted by atomic mass is 16.7. The fourth-order valence-electron chi connectivity index (χ4n) is 5.04. The number of aliphatic hydroxyl groups is 4. The molecule has 0 aromatic rings. The molecule has 1 fully saturated rings. The summed E-state index contributed by atoms with van der Waals surface area (Å²) in [6, 6.07) is 0. The molecule has 4 N–H and O–H groups in total. The van der Waals surface area contributed by atoms with Gasteiger partial charge in [0, 0.05) is 13.0 Å². The highest BCUT2D eigenvalue weighted by molar-refractivity contribution is 5.69. The van der Waals surface area contributed by atoms with Crippen LogP contribution in [0, 0.1) is 0 Å². The third-order valence-corrected chi connectivity index (χ3v) is 7.95. The third-order valence-electron chi connectivity index (χ3n) is 7.95. The van der Waals surface area contributed by atoms with Crippen molar-refractivity contribution in [3.05, 3.63) is 60.8 Å². The Bertz CT molecular complexity index is 911. The molecule has 0 radical (unpaired) electrons. The van der Waals surface area contributed by atoms with Crippen LogP contribution in [0.2, 0.25) is 0 Å². The van der Waals surface area contributed by atoms with Crippen LogP contribution in [0.25, 0.3) is 0 Å². The van der Waals surface area contributed by atoms with Gasteiger partial charge in [-0.1, -0.05) is 113 Å². The van der Waals surface area contributed by atoms with Crippen LogP contribution < -0.4 is 0 Å². The molecule has 0 amide bonds. The highest BCUT2D eigenvalue weighted by Gasteiger charge is 2.44. The zero-order chi connectivity index (χ0) is 35.1. The van der Waals surface area contributed by atoms with Gasteiger partial charge in [-0.05, 0) is 57.8 Å². The van der Waals surface area contributed by atoms with Crippen molar-refractivity contribution in [3.8, 4) is 0 Å². The van der Waals surface area contributed by atoms with Crippen LogP contribution in [0.4, 0.5) is 0 Å². The van der Waals surface area contributed by atoms with Gasteiger partial charge in [0.25, 0.3) is 0 Å². The van der Waals surface area contributed by atoms with Crippen molar-refractivity contribution in [1.82, 2.24) is 0 Å². The molecule has 276 valence electrons. The van der Waals surface area contributed by atoms with E-state index in [9.17, 15) is 25.2 Å². The molecular weight excluding hydrogens is 612 g/mol. The number of allylic oxidation sites excluding steroid dienone is 10. The number of carbonyl (C=O) groups is 1. The number of carbonyl (C=O) groups excluding carboxylic acids is 1. The summed E-state index contributed by atoms with van der Waals surface area (Å²) in [4.78, 5) is 12.6. The molecule has 0 bridgehead atoms. The molecule has 6 atom stereocenters. The van der Waals surface area contributed by atoms with Gasteiger partial charge < -0.3 is 39.4 Å². The van der Waals surface area contributed by atoms with Crippen molar-refractivity contribution in [2.24, 2.45) is 0 Å². The third kappa shape index (κ3) is 22.5. The van der Waals surface area contributed by atoms with Crippen molar-refractivity contribution in [3.63, 3.8) is 0 Å². The van der Waals surface area contributed by atoms with Crippen LogP contribution >= 0.6 is 0 Å². The standard InChI is InChI=1S/C39H66O9/c1-3-5-7-9-11-12-13-14-15-16-17-18-19-20-21-23-25-27-29-45-31-33(47-35(41)28-26-24-22-10-8-6-4-2)32-46-39-38(44)37(43)36(42)34(30-40)48-39/h5,7,11-12,14-15,17-18,20-21,33-34,36-40,42-44H,3-4,6,8-10,13,16,19,22-32H2,1-2H3/b7-5-,12-11-,15-14-,18-17-,21-20-. The molecule has 1 rings (SSSR count). The minimum absolute atomic E-state index is 0.113. The van der Waals surface area contributed by atoms with Gasteiger partial charge in [-0.15, -0.1) is 0 Å². The zero-order valence-electron chi connectivity index (χ0n) is 29.7. The predicted octanol–water partition coefficient (Wildman–Crippen LogP) is 6.79. The van der Waals surface area contributed by atoms with Gasteiger partial charge in [0.05, 0.1) is 19.8 Å². The monoisotopic (exact) mass is 678 g/mol. The van der Waals surface area contributed by atoms with Crippen LogP contribution in [0.3, 0.4) is 0 Å². The molecule has 1 saturated heterocycles. The summed E-state index contributed by atoms with van der Waals surface area (Å²) >= 11 is 0. The Morgan fingerprint density at radius 2 is 1.27 bits per heavy atom. The number of ether oxygens (including phenoxy) is 4. The van der Waals surface area contributed by atoms with Crippen molar-refractivity contribution < 1.29 is 44.2 Å². The van der Waals surface area contributed by atoms with E-state index in [1.54, 1.807) is 0 Å². The largest absolute Gasteiger partial charge is 0.457 e. The minimum Gasteiger partial charge on any atom is -0.457 e. The van der Waals surface area contributed by atoms with E-state index in [2.05, 4.69) is 74.6 Å². The molecule has 0 aromatic carbocycles. The molecule has 48 heavy (non-hydrogen) atoms. The summed E-state index contributed by atoms with van der Waals surface area (Å²) in [5, 5.41) is 39.8. The fraction of sp³-hybridized carbons (Fsp3) is 0.718. The lowest BCUT2D eigenvalue weighted by Gasteiger charge is -2.39. The number of hydrogen-bond donors (Lipinski definition) is 4. The maximum absolute atomic E-state index is 12.6. The van der Waals surface area contributed by atoms with Crippen LogP contribution in [0.15, 0.2) is 60.8 Å². The summed E-state index contributed by atoms with van der Waals surface area (Å²) in [5.41, 5.74) is 0. The maximum Gasteiger partial charge on any atom is 0.306 e. The Kier molecular flexibility index (Phi) is 28.3. The second-order valence-electron chi connectivity index (χ2n) is 12.3. The Hall–Kier alpha value is -2.11. The van der Waals surface area contributed by atoms with E-state index in [1.807, 2.05) is 0 Å². The molecule has 9 nitrogen and oxygen atoms in total. The first-order chi connectivity index (χ1) is 23.4. The molecule has 1 aliphatic rings. The number of hydrogen-bond acceptors (Lipinski definition) is 9. The smallest absolute Gasteiger partial charge is 0.306 e. The van der Waals surface area contributed by atoms with E-state index in [-0.39, 0.29) is 19.2 Å². The van der Waals surface area contributed by atoms with Crippen molar-refractivity contribution in [1.29, 1.82) is 0 Å². The van der Waals surface area contributed by atoms with E-state index < -0.39 is 43.4 Å². The van der Waals surface area contributed by atoms with Crippen LogP contribution in [0.5, 0.6) is 0 Å². The van der Waals surface area contributed by atoms with Gasteiger partial charge in [0.1, 0.15) is 30.5 Å². The van der Waals surface area contributed by atoms with E-state index in [0.717, 1.165) is 70.6 Å². The highest BCUT2D eigenvalue weighted by Crippen LogP contribution is 2.22. The quantitative estimate of drug-likeness (QED) is 0.0383. The zero-order valence-corrected chi connectivity index (χ0v) is 29.7. The number of esters is 1. The molecule has 0 aromatic heterocycles. The van der Waals surface area contributed by atoms with Gasteiger partial charge in [0.15, 0.2) is 6.29 Å². The summed E-state index contributed by atoms with van der Waals surface area (Å²) in [5.74, 6) is -0.340. The predicted molar refractivity (Wildman–Crippen MR) is 191 cm³/mol. The van der Waals surface area contributed by atoms with Gasteiger partial charge in [-0.3, -0.25) is 4.79 Å². The molecule has 6 unspecified atom stereocenters. The van der Waals surface area contributed by atoms with Gasteiger partial charge >= 0.3 is 5.97 Å². The lowest BCUT2D eigenvalue weighted by Crippen LogP contribution is -2.59. The van der Waals surface area contributed by atoms with E-state index in [4.69, 9.17) is 18.9 Å². The number of rotatable bonds is 29. The second kappa shape index (κ2) is 30.9. The van der Waals surface area contributed by atoms with Gasteiger partial charge in [-0.2, -0.15) is 0 Å². The molecule has 0 spiro atoms. The van der Waals surface area contributed by atoms with Crippen LogP contribution in [-0.2, 0) is 23.7 Å². The van der Waals surface area contributed by atoms with Crippen molar-refractivity contribution in [2.45, 2.75) is 153 Å². The molecule has 0 saturated carbocycles. The first-order valence-electron chi connectivity index (χ1n) is 18.4. The summed E-state index contributed by atoms with van der Waals surface area (Å²) < 4.78 is 22.5. The summed E-state index contributed by atoms with van der Waals surface area (Å²) in [7, 11) is 0. The van der Waals surface area contributed by atoms with Gasteiger partial charge in [-0.25, -0.2) is 0 Å². The molecule has 1 heterocycles. The minimum atomic E-state index is -1.54. The molecular formula is C39H66O9. The number of unbranched alkanes of at least 4 members (excludes halogenated alkanes) is 8. The second-order valence-corrected chi connectivity index (χ2v) is 12.3. The Morgan fingerprint density at radius 3 is 1.88 bits per heavy atom. The van der Waals surface area contributed by atoms with Crippen LogP contribution in [0.1, 0.15) is 117 Å². The Balaban J connectivity index is 2.34. The maximum atomic E-state index is 12.6. The molecule has 9 heteroatoms. The molecule has 1 aliphatic heterocycles. The lowest BCUT2D eigenvalue weighted by atomic mass is 9.99. The SMILES string of the molecule is CC/C=C\C/C=C\C/C=C\C/C=C\C/C=C\CCCCOCC(COC1OC(CO)C(O)C(O)C1O)OC(=O)CCCCCCCCC. The Labute approximate surface area is 290 Å². The fourth-order valence-corrected chi connectivity index (χ4v) is 5.04. The average Bonchev–Trinajstić information content (AvgIpc) is 3.08. The lowest BCUT2D eigenvalue weighted by molar-refractivity contribution is -0.305. The van der Waals surface area contributed by atoms with E-state index in [0.29, 0.717) is 13.0 Å². The average molecular weight is 679 g/mol. The first kappa shape index (κ1) is 43.9. The van der Waals surface area contributed by atoms with E-state index >= 15 is 0 Å². The first-order valence-corrected chi connectivity index (χ1v) is 18.4. The van der Waals surface area contributed by atoms with E-state index in [1.165, 1.54) is 25.7 Å². The Morgan fingerprint density at radius 1 is 0.688 bits per heavy atom. The number of aliphatic hydroxyl groups excluding tert-OH is 4. The topological polar surface area (TPSA) is 135 Å². The van der Waals surface area contributed by atoms with Gasteiger partial charge in [0.2, 0.25) is 0 Å². The summed E-state index contributed by atoms with van der Waals surface area (Å²) in [6.07, 6.45) is 29.9. The van der Waals surface area contributed by atoms with Crippen molar-refractivity contribution >= 4 is 5.97 Å². The normalized spacial score (nSPS) is 22.7.